The molecule has 0 aromatic carbocycles. The van der Waals surface area contributed by atoms with Crippen LogP contribution in [0.1, 0.15) is 130 Å². The van der Waals surface area contributed by atoms with Gasteiger partial charge in [0.2, 0.25) is 0 Å². The first-order valence-electron chi connectivity index (χ1n) is 10.7. The van der Waals surface area contributed by atoms with Gasteiger partial charge < -0.3 is 0 Å². The van der Waals surface area contributed by atoms with Crippen LogP contribution in [0.25, 0.3) is 0 Å². The van der Waals surface area contributed by atoms with E-state index in [2.05, 4.69) is 27.7 Å². The lowest BCUT2D eigenvalue weighted by atomic mass is 9.87. The molecule has 0 amide bonds. The van der Waals surface area contributed by atoms with Gasteiger partial charge in [0.1, 0.15) is 0 Å². The van der Waals surface area contributed by atoms with Gasteiger partial charge in [0.15, 0.2) is 0 Å². The smallest absolute Gasteiger partial charge is 0.0417 e. The molecule has 0 saturated carbocycles. The van der Waals surface area contributed by atoms with Crippen molar-refractivity contribution >= 4 is 0 Å². The highest BCUT2D eigenvalue weighted by Crippen LogP contribution is 2.23. The van der Waals surface area contributed by atoms with Crippen LogP contribution in [0.15, 0.2) is 0 Å². The standard InChI is InChI=1S/C22H46/c1-5-7-9-10-11-12-13-14-15-16-17-18-20-22(4)21(3)19-8-6-2/h21-22H,5-20H2,1-4H3. The molecule has 0 saturated heterocycles. The second-order valence-corrected chi connectivity index (χ2v) is 7.77. The summed E-state index contributed by atoms with van der Waals surface area (Å²) in [6, 6.07) is 0. The van der Waals surface area contributed by atoms with Gasteiger partial charge in [0.05, 0.1) is 0 Å². The molecule has 0 aromatic heterocycles. The third-order valence-corrected chi connectivity index (χ3v) is 5.50. The lowest BCUT2D eigenvalue weighted by Gasteiger charge is -2.19. The lowest BCUT2D eigenvalue weighted by Crippen LogP contribution is -2.07. The van der Waals surface area contributed by atoms with Crippen molar-refractivity contribution in [2.75, 3.05) is 0 Å². The van der Waals surface area contributed by atoms with E-state index in [4.69, 9.17) is 0 Å². The van der Waals surface area contributed by atoms with E-state index in [0.29, 0.717) is 0 Å². The molecule has 0 nitrogen and oxygen atoms in total. The minimum atomic E-state index is 0.938. The Bertz CT molecular complexity index is 196. The molecular weight excluding hydrogens is 264 g/mol. The molecule has 0 aliphatic carbocycles. The summed E-state index contributed by atoms with van der Waals surface area (Å²) in [7, 11) is 0. The van der Waals surface area contributed by atoms with Crippen LogP contribution in [0.3, 0.4) is 0 Å². The Morgan fingerprint density at radius 2 is 0.727 bits per heavy atom. The molecule has 0 rings (SSSR count). The van der Waals surface area contributed by atoms with Gasteiger partial charge in [-0.1, -0.05) is 130 Å². The van der Waals surface area contributed by atoms with E-state index in [0.717, 1.165) is 11.8 Å². The molecule has 0 aliphatic heterocycles. The maximum absolute atomic E-state index is 2.47. The highest BCUT2D eigenvalue weighted by Gasteiger charge is 2.10. The number of rotatable bonds is 17. The summed E-state index contributed by atoms with van der Waals surface area (Å²) in [5, 5.41) is 0. The maximum atomic E-state index is 2.47. The molecule has 0 heteroatoms. The Morgan fingerprint density at radius 3 is 1.14 bits per heavy atom. The molecule has 0 spiro atoms. The predicted octanol–water partition coefficient (Wildman–Crippen LogP) is 8.54. The van der Waals surface area contributed by atoms with Gasteiger partial charge in [-0.3, -0.25) is 0 Å². The topological polar surface area (TPSA) is 0 Å². The fourth-order valence-electron chi connectivity index (χ4n) is 3.40. The minimum Gasteiger partial charge on any atom is -0.0654 e. The molecule has 0 radical (unpaired) electrons. The van der Waals surface area contributed by atoms with Gasteiger partial charge in [-0.15, -0.1) is 0 Å². The molecule has 0 fully saturated rings. The SMILES string of the molecule is CCCCCCCCCCCCCCC(C)C(C)CCCC. The van der Waals surface area contributed by atoms with Gasteiger partial charge in [0.25, 0.3) is 0 Å². The molecule has 0 aliphatic rings. The first-order valence-corrected chi connectivity index (χ1v) is 10.7. The van der Waals surface area contributed by atoms with Crippen molar-refractivity contribution in [1.82, 2.24) is 0 Å². The van der Waals surface area contributed by atoms with Crippen molar-refractivity contribution in [2.24, 2.45) is 11.8 Å². The number of unbranched alkanes of at least 4 members (excludes halogenated alkanes) is 12. The zero-order chi connectivity index (χ0) is 16.5. The first kappa shape index (κ1) is 22.0. The minimum absolute atomic E-state index is 0.938. The van der Waals surface area contributed by atoms with Crippen molar-refractivity contribution < 1.29 is 0 Å². The molecule has 0 N–H and O–H groups in total. The Balaban J connectivity index is 3.19. The van der Waals surface area contributed by atoms with Crippen molar-refractivity contribution in [3.05, 3.63) is 0 Å². The van der Waals surface area contributed by atoms with Crippen LogP contribution in [-0.2, 0) is 0 Å². The van der Waals surface area contributed by atoms with Crippen LogP contribution in [-0.4, -0.2) is 0 Å². The van der Waals surface area contributed by atoms with Gasteiger partial charge in [-0.05, 0) is 11.8 Å². The summed E-state index contributed by atoms with van der Waals surface area (Å²) >= 11 is 0. The normalized spacial score (nSPS) is 14.2. The summed E-state index contributed by atoms with van der Waals surface area (Å²) in [6.45, 7) is 9.54. The first-order chi connectivity index (χ1) is 10.7. The Morgan fingerprint density at radius 1 is 0.409 bits per heavy atom. The van der Waals surface area contributed by atoms with Crippen molar-refractivity contribution in [3.63, 3.8) is 0 Å². The number of hydrogen-bond donors (Lipinski definition) is 0. The van der Waals surface area contributed by atoms with Crippen LogP contribution in [0.4, 0.5) is 0 Å². The Labute approximate surface area is 142 Å². The molecule has 22 heavy (non-hydrogen) atoms. The monoisotopic (exact) mass is 310 g/mol. The maximum Gasteiger partial charge on any atom is -0.0417 e. The lowest BCUT2D eigenvalue weighted by molar-refractivity contribution is 0.325. The van der Waals surface area contributed by atoms with Gasteiger partial charge in [-0.2, -0.15) is 0 Å². The average Bonchev–Trinajstić information content (AvgIpc) is 2.53. The van der Waals surface area contributed by atoms with Crippen molar-refractivity contribution in [2.45, 2.75) is 130 Å². The molecule has 134 valence electrons. The Hall–Kier alpha value is 0. The summed E-state index contributed by atoms with van der Waals surface area (Å²) in [6.07, 6.45) is 23.3. The predicted molar refractivity (Wildman–Crippen MR) is 104 cm³/mol. The zero-order valence-electron chi connectivity index (χ0n) is 16.5. The highest BCUT2D eigenvalue weighted by atomic mass is 14.2. The van der Waals surface area contributed by atoms with E-state index in [-0.39, 0.29) is 0 Å². The zero-order valence-corrected chi connectivity index (χ0v) is 16.5. The fraction of sp³-hybridized carbons (Fsp3) is 1.00. The van der Waals surface area contributed by atoms with Crippen molar-refractivity contribution in [1.29, 1.82) is 0 Å². The van der Waals surface area contributed by atoms with Crippen LogP contribution in [0, 0.1) is 11.8 Å². The van der Waals surface area contributed by atoms with Gasteiger partial charge >= 0.3 is 0 Å². The molecule has 0 aromatic rings. The van der Waals surface area contributed by atoms with Crippen molar-refractivity contribution in [3.8, 4) is 0 Å². The van der Waals surface area contributed by atoms with Crippen LogP contribution in [0.2, 0.25) is 0 Å². The third kappa shape index (κ3) is 14.9. The Kier molecular flexibility index (Phi) is 17.4. The quantitative estimate of drug-likeness (QED) is 0.236. The fourth-order valence-corrected chi connectivity index (χ4v) is 3.40. The molecule has 0 heterocycles. The second-order valence-electron chi connectivity index (χ2n) is 7.77. The van der Waals surface area contributed by atoms with E-state index in [9.17, 15) is 0 Å². The second kappa shape index (κ2) is 17.4. The summed E-state index contributed by atoms with van der Waals surface area (Å²) < 4.78 is 0. The van der Waals surface area contributed by atoms with Crippen LogP contribution in [0.5, 0.6) is 0 Å². The van der Waals surface area contributed by atoms with Gasteiger partial charge in [0, 0.05) is 0 Å². The van der Waals surface area contributed by atoms with E-state index in [1.54, 1.807) is 0 Å². The summed E-state index contributed by atoms with van der Waals surface area (Å²) in [5.41, 5.74) is 0. The molecule has 2 atom stereocenters. The summed E-state index contributed by atoms with van der Waals surface area (Å²) in [4.78, 5) is 0. The molecular formula is C22H46. The van der Waals surface area contributed by atoms with E-state index >= 15 is 0 Å². The highest BCUT2D eigenvalue weighted by molar-refractivity contribution is 4.62. The summed E-state index contributed by atoms with van der Waals surface area (Å²) in [5.74, 6) is 1.88. The molecule has 0 bridgehead atoms. The largest absolute Gasteiger partial charge is 0.0654 e. The van der Waals surface area contributed by atoms with Crippen LogP contribution >= 0.6 is 0 Å². The van der Waals surface area contributed by atoms with E-state index in [1.807, 2.05) is 0 Å². The van der Waals surface area contributed by atoms with Crippen LogP contribution < -0.4 is 0 Å². The third-order valence-electron chi connectivity index (χ3n) is 5.50. The van der Waals surface area contributed by atoms with E-state index < -0.39 is 0 Å². The van der Waals surface area contributed by atoms with E-state index in [1.165, 1.54) is 103 Å². The molecule has 2 unspecified atom stereocenters. The number of hydrogen-bond acceptors (Lipinski definition) is 0. The average molecular weight is 311 g/mol. The van der Waals surface area contributed by atoms with Gasteiger partial charge in [-0.25, -0.2) is 0 Å².